The SMILES string of the molecule is CC(C)(NC(=O)C1C2CNCC21)C(F)(F)F. The van der Waals surface area contributed by atoms with E-state index < -0.39 is 17.6 Å². The van der Waals surface area contributed by atoms with Crippen molar-refractivity contribution < 1.29 is 18.0 Å². The van der Waals surface area contributed by atoms with Gasteiger partial charge in [0.2, 0.25) is 5.91 Å². The van der Waals surface area contributed by atoms with Crippen LogP contribution in [-0.2, 0) is 4.79 Å². The van der Waals surface area contributed by atoms with Gasteiger partial charge < -0.3 is 10.6 Å². The van der Waals surface area contributed by atoms with Crippen molar-refractivity contribution in [1.29, 1.82) is 0 Å². The lowest BCUT2D eigenvalue weighted by atomic mass is 10.0. The number of alkyl halides is 3. The summed E-state index contributed by atoms with van der Waals surface area (Å²) < 4.78 is 37.6. The maximum absolute atomic E-state index is 12.5. The van der Waals surface area contributed by atoms with E-state index in [9.17, 15) is 18.0 Å². The van der Waals surface area contributed by atoms with Crippen LogP contribution in [0.2, 0.25) is 0 Å². The van der Waals surface area contributed by atoms with Crippen LogP contribution in [0, 0.1) is 17.8 Å². The molecule has 2 rings (SSSR count). The Balaban J connectivity index is 1.93. The van der Waals surface area contributed by atoms with Gasteiger partial charge in [-0.2, -0.15) is 13.2 Å². The number of piperidine rings is 1. The van der Waals surface area contributed by atoms with E-state index in [4.69, 9.17) is 0 Å². The second-order valence-electron chi connectivity index (χ2n) is 5.12. The molecule has 92 valence electrons. The topological polar surface area (TPSA) is 41.1 Å². The third-order valence-electron chi connectivity index (χ3n) is 3.54. The van der Waals surface area contributed by atoms with Crippen LogP contribution in [0.1, 0.15) is 13.8 Å². The first-order valence-electron chi connectivity index (χ1n) is 5.33. The number of rotatable bonds is 2. The molecule has 0 aromatic heterocycles. The van der Waals surface area contributed by atoms with Gasteiger partial charge in [-0.3, -0.25) is 4.79 Å². The molecule has 1 saturated heterocycles. The first-order valence-corrected chi connectivity index (χ1v) is 5.33. The van der Waals surface area contributed by atoms with Crippen LogP contribution in [0.3, 0.4) is 0 Å². The van der Waals surface area contributed by atoms with Gasteiger partial charge in [0, 0.05) is 5.92 Å². The van der Waals surface area contributed by atoms with Crippen LogP contribution >= 0.6 is 0 Å². The largest absolute Gasteiger partial charge is 0.410 e. The molecule has 1 aliphatic heterocycles. The fraction of sp³-hybridized carbons (Fsp3) is 0.900. The number of halogens is 3. The number of hydrogen-bond donors (Lipinski definition) is 2. The van der Waals surface area contributed by atoms with Crippen LogP contribution < -0.4 is 10.6 Å². The molecule has 0 bridgehead atoms. The molecule has 0 aromatic carbocycles. The lowest BCUT2D eigenvalue weighted by Crippen LogP contribution is -2.55. The lowest BCUT2D eigenvalue weighted by molar-refractivity contribution is -0.188. The molecule has 6 heteroatoms. The number of hydrogen-bond acceptors (Lipinski definition) is 2. The third-order valence-corrected chi connectivity index (χ3v) is 3.54. The predicted molar refractivity (Wildman–Crippen MR) is 51.6 cm³/mol. The maximum atomic E-state index is 12.5. The standard InChI is InChI=1S/C10H15F3N2O/c1-9(2,10(11,12)13)15-8(16)7-5-3-14-4-6(5)7/h5-7,14H,3-4H2,1-2H3,(H,15,16). The monoisotopic (exact) mass is 236 g/mol. The van der Waals surface area contributed by atoms with Gasteiger partial charge >= 0.3 is 6.18 Å². The van der Waals surface area contributed by atoms with Gasteiger partial charge in [0.1, 0.15) is 5.54 Å². The van der Waals surface area contributed by atoms with Crippen molar-refractivity contribution in [3.05, 3.63) is 0 Å². The molecule has 0 spiro atoms. The zero-order valence-electron chi connectivity index (χ0n) is 9.19. The average Bonchev–Trinajstić information content (AvgIpc) is 2.59. The van der Waals surface area contributed by atoms with Gasteiger partial charge in [-0.25, -0.2) is 0 Å². The van der Waals surface area contributed by atoms with Crippen molar-refractivity contribution in [3.8, 4) is 0 Å². The summed E-state index contributed by atoms with van der Waals surface area (Å²) >= 11 is 0. The normalized spacial score (nSPS) is 33.4. The van der Waals surface area contributed by atoms with Crippen molar-refractivity contribution >= 4 is 5.91 Å². The Morgan fingerprint density at radius 3 is 2.19 bits per heavy atom. The lowest BCUT2D eigenvalue weighted by Gasteiger charge is -2.29. The number of carbonyl (C=O) groups excluding carboxylic acids is 1. The summed E-state index contributed by atoms with van der Waals surface area (Å²) in [6.45, 7) is 3.47. The molecule has 2 aliphatic rings. The van der Waals surface area contributed by atoms with Crippen molar-refractivity contribution in [1.82, 2.24) is 10.6 Å². The zero-order valence-corrected chi connectivity index (χ0v) is 9.19. The maximum Gasteiger partial charge on any atom is 0.410 e. The zero-order chi connectivity index (χ0) is 12.1. The number of amides is 1. The molecule has 2 fully saturated rings. The molecule has 0 aromatic rings. The number of nitrogens with one attached hydrogen (secondary N) is 2. The molecular weight excluding hydrogens is 221 g/mol. The molecule has 16 heavy (non-hydrogen) atoms. The van der Waals surface area contributed by atoms with Crippen LogP contribution in [-0.4, -0.2) is 30.7 Å². The summed E-state index contributed by atoms with van der Waals surface area (Å²) in [5.74, 6) is -0.199. The Labute approximate surface area is 91.8 Å². The Morgan fingerprint density at radius 2 is 1.75 bits per heavy atom. The second-order valence-corrected chi connectivity index (χ2v) is 5.12. The summed E-state index contributed by atoms with van der Waals surface area (Å²) in [6, 6.07) is 0. The molecule has 3 nitrogen and oxygen atoms in total. The number of fused-ring (bicyclic) bond motifs is 1. The quantitative estimate of drug-likeness (QED) is 0.748. The van der Waals surface area contributed by atoms with Gasteiger partial charge in [0.05, 0.1) is 0 Å². The highest BCUT2D eigenvalue weighted by molar-refractivity contribution is 5.83. The predicted octanol–water partition coefficient (Wildman–Crippen LogP) is 0.909. The van der Waals surface area contributed by atoms with Crippen LogP contribution in [0.4, 0.5) is 13.2 Å². The summed E-state index contributed by atoms with van der Waals surface area (Å²) in [4.78, 5) is 11.6. The first kappa shape index (κ1) is 11.7. The highest BCUT2D eigenvalue weighted by atomic mass is 19.4. The van der Waals surface area contributed by atoms with Gasteiger partial charge in [0.15, 0.2) is 0 Å². The second kappa shape index (κ2) is 3.35. The molecule has 2 N–H and O–H groups in total. The molecule has 1 amide bonds. The summed E-state index contributed by atoms with van der Waals surface area (Å²) in [7, 11) is 0. The van der Waals surface area contributed by atoms with Crippen LogP contribution in [0.15, 0.2) is 0 Å². The molecule has 2 atom stereocenters. The Morgan fingerprint density at radius 1 is 1.25 bits per heavy atom. The van der Waals surface area contributed by atoms with Gasteiger partial charge in [-0.1, -0.05) is 0 Å². The highest BCUT2D eigenvalue weighted by Crippen LogP contribution is 2.49. The Kier molecular flexibility index (Phi) is 2.45. The van der Waals surface area contributed by atoms with Gasteiger partial charge in [0.25, 0.3) is 0 Å². The molecule has 2 unspecified atom stereocenters. The molecular formula is C10H15F3N2O. The van der Waals surface area contributed by atoms with E-state index >= 15 is 0 Å². The summed E-state index contributed by atoms with van der Waals surface area (Å²) in [5.41, 5.74) is -2.14. The van der Waals surface area contributed by atoms with E-state index in [1.807, 2.05) is 0 Å². The minimum atomic E-state index is -4.41. The van der Waals surface area contributed by atoms with E-state index in [1.165, 1.54) is 0 Å². The van der Waals surface area contributed by atoms with Crippen LogP contribution in [0.25, 0.3) is 0 Å². The minimum Gasteiger partial charge on any atom is -0.342 e. The van der Waals surface area contributed by atoms with E-state index in [-0.39, 0.29) is 17.8 Å². The smallest absolute Gasteiger partial charge is 0.342 e. The van der Waals surface area contributed by atoms with Crippen molar-refractivity contribution in [2.45, 2.75) is 25.6 Å². The van der Waals surface area contributed by atoms with E-state index in [0.29, 0.717) is 0 Å². The minimum absolute atomic E-state index is 0.220. The average molecular weight is 236 g/mol. The molecule has 0 radical (unpaired) electrons. The van der Waals surface area contributed by atoms with Crippen LogP contribution in [0.5, 0.6) is 0 Å². The van der Waals surface area contributed by atoms with Crippen molar-refractivity contribution in [2.75, 3.05) is 13.1 Å². The fourth-order valence-corrected chi connectivity index (χ4v) is 2.27. The Bertz CT molecular complexity index is 304. The molecule has 1 aliphatic carbocycles. The Hall–Kier alpha value is -0.780. The third kappa shape index (κ3) is 1.79. The first-order chi connectivity index (χ1) is 7.24. The highest BCUT2D eigenvalue weighted by Gasteiger charge is 2.59. The van der Waals surface area contributed by atoms with E-state index in [0.717, 1.165) is 26.9 Å². The van der Waals surface area contributed by atoms with Gasteiger partial charge in [-0.15, -0.1) is 0 Å². The van der Waals surface area contributed by atoms with Crippen molar-refractivity contribution in [2.24, 2.45) is 17.8 Å². The molecule has 1 heterocycles. The fourth-order valence-electron chi connectivity index (χ4n) is 2.27. The molecule has 1 saturated carbocycles. The summed E-state index contributed by atoms with van der Waals surface area (Å²) in [5, 5.41) is 5.19. The van der Waals surface area contributed by atoms with Crippen molar-refractivity contribution in [3.63, 3.8) is 0 Å². The summed E-state index contributed by atoms with van der Waals surface area (Å²) in [6.07, 6.45) is -4.41. The van der Waals surface area contributed by atoms with Gasteiger partial charge in [-0.05, 0) is 38.8 Å². The number of carbonyl (C=O) groups is 1. The van der Waals surface area contributed by atoms with E-state index in [2.05, 4.69) is 10.6 Å². The van der Waals surface area contributed by atoms with E-state index in [1.54, 1.807) is 0 Å².